The van der Waals surface area contributed by atoms with Crippen molar-refractivity contribution >= 4 is 0 Å². The molecule has 0 aromatic carbocycles. The molecule has 0 spiro atoms. The summed E-state index contributed by atoms with van der Waals surface area (Å²) in [6, 6.07) is 0. The minimum absolute atomic E-state index is 0.115. The molecule has 0 amide bonds. The molecule has 1 aliphatic rings. The van der Waals surface area contributed by atoms with Gasteiger partial charge in [-0.15, -0.1) is 0 Å². The van der Waals surface area contributed by atoms with Gasteiger partial charge in [-0.1, -0.05) is 12.2 Å². The maximum Gasteiger partial charge on any atom is 0.0834 e. The normalized spacial score (nSPS) is 33.4. The van der Waals surface area contributed by atoms with Gasteiger partial charge in [-0.05, 0) is 40.5 Å². The predicted octanol–water partition coefficient (Wildman–Crippen LogP) is 2.52. The van der Waals surface area contributed by atoms with E-state index in [0.717, 1.165) is 19.4 Å². The van der Waals surface area contributed by atoms with E-state index in [-0.39, 0.29) is 11.5 Å². The maximum atomic E-state index is 9.85. The van der Waals surface area contributed by atoms with Crippen molar-refractivity contribution in [1.29, 1.82) is 0 Å². The molecule has 2 atom stereocenters. The van der Waals surface area contributed by atoms with Gasteiger partial charge in [0, 0.05) is 12.5 Å². The Hall–Kier alpha value is -0.340. The van der Waals surface area contributed by atoms with E-state index in [1.165, 1.54) is 0 Å². The number of rotatable bonds is 3. The first-order valence-electron chi connectivity index (χ1n) is 5.43. The highest BCUT2D eigenvalue weighted by atomic mass is 16.5. The smallest absolute Gasteiger partial charge is 0.0834 e. The van der Waals surface area contributed by atoms with Gasteiger partial charge >= 0.3 is 0 Å². The van der Waals surface area contributed by atoms with Gasteiger partial charge in [0.25, 0.3) is 0 Å². The summed E-state index contributed by atoms with van der Waals surface area (Å²) < 4.78 is 5.66. The first kappa shape index (κ1) is 11.7. The fraction of sp³-hybridized carbons (Fsp3) is 0.833. The Labute approximate surface area is 87.0 Å². The maximum absolute atomic E-state index is 9.85. The van der Waals surface area contributed by atoms with Crippen LogP contribution in [-0.4, -0.2) is 22.9 Å². The Morgan fingerprint density at radius 3 is 2.57 bits per heavy atom. The van der Waals surface area contributed by atoms with Crippen molar-refractivity contribution in [3.8, 4) is 0 Å². The van der Waals surface area contributed by atoms with E-state index in [1.54, 1.807) is 0 Å². The second-order valence-corrected chi connectivity index (χ2v) is 4.90. The van der Waals surface area contributed by atoms with Crippen molar-refractivity contribution in [2.45, 2.75) is 51.7 Å². The molecule has 0 saturated heterocycles. The van der Waals surface area contributed by atoms with Gasteiger partial charge in [-0.3, -0.25) is 0 Å². The third-order valence-electron chi connectivity index (χ3n) is 3.01. The summed E-state index contributed by atoms with van der Waals surface area (Å²) in [5.41, 5.74) is -0.722. The molecule has 0 unspecified atom stereocenters. The number of hydrogen-bond acceptors (Lipinski definition) is 2. The molecule has 82 valence electrons. The average molecular weight is 198 g/mol. The number of ether oxygens (including phenoxy) is 1. The molecule has 0 saturated carbocycles. The van der Waals surface area contributed by atoms with Crippen LogP contribution >= 0.6 is 0 Å². The molecular formula is C12H22O2. The topological polar surface area (TPSA) is 29.5 Å². The zero-order chi connectivity index (χ0) is 10.8. The summed E-state index contributed by atoms with van der Waals surface area (Å²) in [4.78, 5) is 0. The Morgan fingerprint density at radius 2 is 2.21 bits per heavy atom. The molecule has 0 radical (unpaired) electrons. The monoisotopic (exact) mass is 198 g/mol. The summed E-state index contributed by atoms with van der Waals surface area (Å²) >= 11 is 0. The molecule has 2 nitrogen and oxygen atoms in total. The van der Waals surface area contributed by atoms with Crippen LogP contribution < -0.4 is 0 Å². The highest BCUT2D eigenvalue weighted by molar-refractivity contribution is 5.09. The molecular weight excluding hydrogens is 176 g/mol. The largest absolute Gasteiger partial charge is 0.390 e. The second-order valence-electron chi connectivity index (χ2n) is 4.90. The zero-order valence-electron chi connectivity index (χ0n) is 9.71. The van der Waals surface area contributed by atoms with E-state index in [4.69, 9.17) is 4.74 Å². The molecule has 1 N–H and O–H groups in total. The molecule has 2 heteroatoms. The van der Waals surface area contributed by atoms with Crippen LogP contribution in [0.5, 0.6) is 0 Å². The first-order chi connectivity index (χ1) is 6.37. The van der Waals surface area contributed by atoms with E-state index in [9.17, 15) is 5.11 Å². The van der Waals surface area contributed by atoms with E-state index in [1.807, 2.05) is 20.8 Å². The molecule has 1 aliphatic carbocycles. The minimum Gasteiger partial charge on any atom is -0.390 e. The summed E-state index contributed by atoms with van der Waals surface area (Å²) in [7, 11) is 0. The zero-order valence-corrected chi connectivity index (χ0v) is 9.71. The van der Waals surface area contributed by atoms with Crippen LogP contribution in [0.4, 0.5) is 0 Å². The van der Waals surface area contributed by atoms with Crippen molar-refractivity contribution < 1.29 is 9.84 Å². The highest BCUT2D eigenvalue weighted by Crippen LogP contribution is 2.33. The van der Waals surface area contributed by atoms with E-state index >= 15 is 0 Å². The van der Waals surface area contributed by atoms with Gasteiger partial charge in [-0.25, -0.2) is 0 Å². The van der Waals surface area contributed by atoms with Gasteiger partial charge in [0.2, 0.25) is 0 Å². The highest BCUT2D eigenvalue weighted by Gasteiger charge is 2.32. The molecule has 1 rings (SSSR count). The Bertz CT molecular complexity index is 215. The Morgan fingerprint density at radius 1 is 1.57 bits per heavy atom. The van der Waals surface area contributed by atoms with E-state index < -0.39 is 5.60 Å². The predicted molar refractivity (Wildman–Crippen MR) is 58.2 cm³/mol. The van der Waals surface area contributed by atoms with Gasteiger partial charge in [-0.2, -0.15) is 0 Å². The lowest BCUT2D eigenvalue weighted by atomic mass is 9.78. The summed E-state index contributed by atoms with van der Waals surface area (Å²) in [5, 5.41) is 9.85. The molecule has 0 bridgehead atoms. The van der Waals surface area contributed by atoms with Crippen LogP contribution in [0.2, 0.25) is 0 Å². The van der Waals surface area contributed by atoms with E-state index in [2.05, 4.69) is 19.1 Å². The Balaban J connectivity index is 2.63. The van der Waals surface area contributed by atoms with Crippen molar-refractivity contribution in [2.24, 2.45) is 5.92 Å². The van der Waals surface area contributed by atoms with E-state index in [0.29, 0.717) is 0 Å². The van der Waals surface area contributed by atoms with Crippen LogP contribution in [0, 0.1) is 5.92 Å². The van der Waals surface area contributed by atoms with Gasteiger partial charge in [0.1, 0.15) is 0 Å². The lowest BCUT2D eigenvalue weighted by Crippen LogP contribution is -2.37. The molecule has 0 aromatic rings. The first-order valence-corrected chi connectivity index (χ1v) is 5.43. The average Bonchev–Trinajstić information content (AvgIpc) is 2.03. The number of hydrogen-bond donors (Lipinski definition) is 1. The minimum atomic E-state index is -0.607. The number of aliphatic hydroxyl groups is 1. The van der Waals surface area contributed by atoms with Crippen molar-refractivity contribution in [2.75, 3.05) is 6.61 Å². The van der Waals surface area contributed by atoms with Crippen LogP contribution in [-0.2, 0) is 4.74 Å². The van der Waals surface area contributed by atoms with Crippen LogP contribution in [0.25, 0.3) is 0 Å². The van der Waals surface area contributed by atoms with Crippen molar-refractivity contribution in [3.05, 3.63) is 12.2 Å². The summed E-state index contributed by atoms with van der Waals surface area (Å²) in [6.07, 6.45) is 6.18. The quantitative estimate of drug-likeness (QED) is 0.706. The molecule has 0 aromatic heterocycles. The summed E-state index contributed by atoms with van der Waals surface area (Å²) in [5.74, 6) is 0.260. The van der Waals surface area contributed by atoms with Crippen LogP contribution in [0.3, 0.4) is 0 Å². The van der Waals surface area contributed by atoms with Crippen LogP contribution in [0.15, 0.2) is 12.2 Å². The van der Waals surface area contributed by atoms with Crippen LogP contribution in [0.1, 0.15) is 40.5 Å². The third-order valence-corrected chi connectivity index (χ3v) is 3.01. The standard InChI is InChI=1S/C12H22O2/c1-5-14-12(4)8-6-10(7-9-12)11(2,3)13/h6,8,10,13H,5,7,9H2,1-4H3/t10-,12+/m1/s1. The molecule has 0 aliphatic heterocycles. The van der Waals surface area contributed by atoms with Gasteiger partial charge < -0.3 is 9.84 Å². The lowest BCUT2D eigenvalue weighted by Gasteiger charge is -2.36. The van der Waals surface area contributed by atoms with Crippen molar-refractivity contribution in [1.82, 2.24) is 0 Å². The molecule has 0 heterocycles. The van der Waals surface area contributed by atoms with Gasteiger partial charge in [0.15, 0.2) is 0 Å². The lowest BCUT2D eigenvalue weighted by molar-refractivity contribution is -0.0222. The molecule has 0 fully saturated rings. The SMILES string of the molecule is CCO[C@@]1(C)C=C[C@@H](C(C)(C)O)CC1. The second kappa shape index (κ2) is 4.03. The molecule has 14 heavy (non-hydrogen) atoms. The summed E-state index contributed by atoms with van der Waals surface area (Å²) in [6.45, 7) is 8.60. The fourth-order valence-corrected chi connectivity index (χ4v) is 1.98. The Kier molecular flexibility index (Phi) is 3.38. The fourth-order valence-electron chi connectivity index (χ4n) is 1.98. The van der Waals surface area contributed by atoms with Gasteiger partial charge in [0.05, 0.1) is 11.2 Å². The third kappa shape index (κ3) is 2.82. The van der Waals surface area contributed by atoms with Crippen molar-refractivity contribution in [3.63, 3.8) is 0 Å².